The van der Waals surface area contributed by atoms with Crippen LogP contribution in [0.2, 0.25) is 0 Å². The quantitative estimate of drug-likeness (QED) is 0.734. The van der Waals surface area contributed by atoms with Gasteiger partial charge in [0.05, 0.1) is 23.9 Å². The molecule has 0 bridgehead atoms. The van der Waals surface area contributed by atoms with Crippen LogP contribution in [-0.2, 0) is 21.3 Å². The number of ether oxygens (including phenoxy) is 2. The number of rotatable bonds is 3. The number of thiophene rings is 1. The lowest BCUT2D eigenvalue weighted by Crippen LogP contribution is -2.51. The summed E-state index contributed by atoms with van der Waals surface area (Å²) in [5.74, 6) is -0.870. The zero-order valence-corrected chi connectivity index (χ0v) is 16.8. The smallest absolute Gasteiger partial charge is 0.349 e. The Labute approximate surface area is 160 Å². The van der Waals surface area contributed by atoms with E-state index < -0.39 is 12.1 Å². The molecule has 1 fully saturated rings. The Balaban J connectivity index is 1.78. The van der Waals surface area contributed by atoms with E-state index in [1.165, 1.54) is 10.9 Å². The van der Waals surface area contributed by atoms with Crippen LogP contribution in [0, 0.1) is 6.92 Å². The predicted octanol–water partition coefficient (Wildman–Crippen LogP) is 1.48. The number of fused-ring (bicyclic) bond motifs is 1. The van der Waals surface area contributed by atoms with Crippen LogP contribution in [0.25, 0.3) is 10.2 Å². The number of carbonyl (C=O) groups is 2. The minimum atomic E-state index is -0.921. The Morgan fingerprint density at radius 1 is 1.33 bits per heavy atom. The summed E-state index contributed by atoms with van der Waals surface area (Å²) in [6.45, 7) is 7.99. The maximum Gasteiger partial charge on any atom is 0.349 e. The third-order valence-electron chi connectivity index (χ3n) is 4.56. The molecule has 9 heteroatoms. The Kier molecular flexibility index (Phi) is 5.34. The second-order valence-electron chi connectivity index (χ2n) is 6.95. The molecule has 3 heterocycles. The molecule has 2 aromatic rings. The van der Waals surface area contributed by atoms with Crippen molar-refractivity contribution in [1.82, 2.24) is 14.5 Å². The van der Waals surface area contributed by atoms with Crippen LogP contribution in [0.5, 0.6) is 0 Å². The lowest BCUT2D eigenvalue weighted by atomic mass is 10.2. The summed E-state index contributed by atoms with van der Waals surface area (Å²) in [5, 5.41) is 0.409. The first-order valence-electron chi connectivity index (χ1n) is 8.79. The number of aryl methyl sites for hydroxylation is 2. The van der Waals surface area contributed by atoms with Crippen LogP contribution in [0.1, 0.15) is 36.0 Å². The zero-order chi connectivity index (χ0) is 19.9. The lowest BCUT2D eigenvalue weighted by Gasteiger charge is -2.36. The highest BCUT2D eigenvalue weighted by atomic mass is 32.1. The van der Waals surface area contributed by atoms with Crippen molar-refractivity contribution >= 4 is 33.4 Å². The highest BCUT2D eigenvalue weighted by molar-refractivity contribution is 7.20. The second-order valence-corrected chi connectivity index (χ2v) is 7.94. The van der Waals surface area contributed by atoms with Gasteiger partial charge in [-0.25, -0.2) is 9.78 Å². The molecule has 1 aliphatic rings. The molecule has 1 saturated heterocycles. The van der Waals surface area contributed by atoms with Gasteiger partial charge < -0.3 is 18.9 Å². The Morgan fingerprint density at radius 2 is 1.96 bits per heavy atom. The number of hydrogen-bond donors (Lipinski definition) is 0. The molecule has 0 spiro atoms. The van der Waals surface area contributed by atoms with Crippen LogP contribution < -0.4 is 5.56 Å². The predicted molar refractivity (Wildman–Crippen MR) is 101 cm³/mol. The highest BCUT2D eigenvalue weighted by Gasteiger charge is 2.31. The van der Waals surface area contributed by atoms with E-state index in [0.29, 0.717) is 33.7 Å². The SMILES string of the molecule is Cc1c(C(=O)OC(C)C(=O)N2CC(C)OC(C)C2)sc2ncn(C)c(=O)c12. The molecular weight excluding hydrogens is 370 g/mol. The van der Waals surface area contributed by atoms with Crippen LogP contribution in [-0.4, -0.2) is 57.7 Å². The molecule has 0 saturated carbocycles. The number of nitrogens with zero attached hydrogens (tertiary/aromatic N) is 3. The number of amides is 1. The summed E-state index contributed by atoms with van der Waals surface area (Å²) in [4.78, 5) is 44.2. The minimum absolute atomic E-state index is 0.0623. The van der Waals surface area contributed by atoms with Gasteiger partial charge in [0, 0.05) is 20.1 Å². The molecule has 3 unspecified atom stereocenters. The maximum absolute atomic E-state index is 12.6. The molecule has 3 atom stereocenters. The van der Waals surface area contributed by atoms with E-state index in [2.05, 4.69) is 4.98 Å². The summed E-state index contributed by atoms with van der Waals surface area (Å²) >= 11 is 1.10. The van der Waals surface area contributed by atoms with Gasteiger partial charge in [0.15, 0.2) is 6.10 Å². The molecule has 0 aliphatic carbocycles. The first kappa shape index (κ1) is 19.5. The number of hydrogen-bond acceptors (Lipinski definition) is 7. The Morgan fingerprint density at radius 3 is 2.59 bits per heavy atom. The van der Waals surface area contributed by atoms with Crippen molar-refractivity contribution in [2.75, 3.05) is 13.1 Å². The fourth-order valence-corrected chi connectivity index (χ4v) is 4.31. The summed E-state index contributed by atoms with van der Waals surface area (Å²) in [5.41, 5.74) is 0.315. The van der Waals surface area contributed by atoms with Crippen molar-refractivity contribution in [3.05, 3.63) is 27.1 Å². The Hall–Kier alpha value is -2.26. The van der Waals surface area contributed by atoms with Crippen LogP contribution in [0.15, 0.2) is 11.1 Å². The van der Waals surface area contributed by atoms with Gasteiger partial charge >= 0.3 is 5.97 Å². The molecule has 2 aromatic heterocycles. The van der Waals surface area contributed by atoms with Gasteiger partial charge in [0.1, 0.15) is 9.71 Å². The van der Waals surface area contributed by atoms with E-state index >= 15 is 0 Å². The molecule has 0 N–H and O–H groups in total. The maximum atomic E-state index is 12.6. The van der Waals surface area contributed by atoms with E-state index in [4.69, 9.17) is 9.47 Å². The van der Waals surface area contributed by atoms with Crippen molar-refractivity contribution < 1.29 is 19.1 Å². The van der Waals surface area contributed by atoms with E-state index in [1.807, 2.05) is 13.8 Å². The first-order valence-corrected chi connectivity index (χ1v) is 9.60. The third-order valence-corrected chi connectivity index (χ3v) is 5.74. The molecule has 8 nitrogen and oxygen atoms in total. The van der Waals surface area contributed by atoms with Crippen LogP contribution >= 0.6 is 11.3 Å². The standard InChI is InChI=1S/C18H23N3O5S/c1-9-6-21(7-10(2)25-9)16(22)12(4)26-18(24)14-11(3)13-15(27-14)19-8-20(5)17(13)23/h8-10,12H,6-7H2,1-5H3. The second kappa shape index (κ2) is 7.40. The summed E-state index contributed by atoms with van der Waals surface area (Å²) in [7, 11) is 1.61. The number of carbonyl (C=O) groups excluding carboxylic acids is 2. The molecular formula is C18H23N3O5S. The largest absolute Gasteiger partial charge is 0.448 e. The fraction of sp³-hybridized carbons (Fsp3) is 0.556. The average Bonchev–Trinajstić information content (AvgIpc) is 2.94. The van der Waals surface area contributed by atoms with Crippen LogP contribution in [0.4, 0.5) is 0 Å². The first-order chi connectivity index (χ1) is 12.7. The van der Waals surface area contributed by atoms with Gasteiger partial charge in [-0.1, -0.05) is 0 Å². The zero-order valence-electron chi connectivity index (χ0n) is 16.0. The molecule has 27 heavy (non-hydrogen) atoms. The monoisotopic (exact) mass is 393 g/mol. The molecule has 0 radical (unpaired) electrons. The van der Waals surface area contributed by atoms with Crippen molar-refractivity contribution in [3.8, 4) is 0 Å². The molecule has 1 aliphatic heterocycles. The fourth-order valence-electron chi connectivity index (χ4n) is 3.28. The highest BCUT2D eigenvalue weighted by Crippen LogP contribution is 2.27. The summed E-state index contributed by atoms with van der Waals surface area (Å²) < 4.78 is 12.4. The van der Waals surface area contributed by atoms with Gasteiger partial charge in [0.25, 0.3) is 11.5 Å². The summed E-state index contributed by atoms with van der Waals surface area (Å²) in [6, 6.07) is 0. The topological polar surface area (TPSA) is 90.7 Å². The molecule has 3 rings (SSSR count). The molecule has 0 aromatic carbocycles. The van der Waals surface area contributed by atoms with Gasteiger partial charge in [-0.15, -0.1) is 11.3 Å². The van der Waals surface area contributed by atoms with E-state index in [0.717, 1.165) is 11.3 Å². The summed E-state index contributed by atoms with van der Waals surface area (Å²) in [6.07, 6.45) is 0.374. The molecule has 1 amide bonds. The molecule has 146 valence electrons. The normalized spacial score (nSPS) is 21.3. The van der Waals surface area contributed by atoms with Gasteiger partial charge in [-0.2, -0.15) is 0 Å². The number of aromatic nitrogens is 2. The van der Waals surface area contributed by atoms with E-state index in [-0.39, 0.29) is 23.7 Å². The van der Waals surface area contributed by atoms with E-state index in [9.17, 15) is 14.4 Å². The van der Waals surface area contributed by atoms with Gasteiger partial charge in [-0.05, 0) is 33.3 Å². The van der Waals surface area contributed by atoms with Crippen LogP contribution in [0.3, 0.4) is 0 Å². The van der Waals surface area contributed by atoms with Gasteiger partial charge in [0.2, 0.25) is 0 Å². The van der Waals surface area contributed by atoms with Gasteiger partial charge in [-0.3, -0.25) is 9.59 Å². The van der Waals surface area contributed by atoms with Crippen molar-refractivity contribution in [2.24, 2.45) is 7.05 Å². The van der Waals surface area contributed by atoms with E-state index in [1.54, 1.807) is 25.8 Å². The Bertz CT molecular complexity index is 940. The lowest BCUT2D eigenvalue weighted by molar-refractivity contribution is -0.151. The van der Waals surface area contributed by atoms with Crippen molar-refractivity contribution in [2.45, 2.75) is 46.0 Å². The van der Waals surface area contributed by atoms with Crippen molar-refractivity contribution in [1.29, 1.82) is 0 Å². The minimum Gasteiger partial charge on any atom is -0.448 e. The average molecular weight is 393 g/mol. The number of morpholine rings is 1. The van der Waals surface area contributed by atoms with Crippen molar-refractivity contribution in [3.63, 3.8) is 0 Å². The third kappa shape index (κ3) is 3.74. The number of esters is 1.